The topological polar surface area (TPSA) is 3.24 Å². The zero-order valence-electron chi connectivity index (χ0n) is 13.6. The number of hydrogen-bond donors (Lipinski definition) is 0. The van der Waals surface area contributed by atoms with E-state index in [2.05, 4.69) is 62.3 Å². The van der Waals surface area contributed by atoms with Gasteiger partial charge in [0.25, 0.3) is 0 Å². The molecule has 22 heavy (non-hydrogen) atoms. The number of rotatable bonds is 7. The molecule has 0 N–H and O–H groups in total. The molecule has 2 aromatic rings. The smallest absolute Gasteiger partial charge is 0.0408 e. The lowest BCUT2D eigenvalue weighted by molar-refractivity contribution is 0.341. The molecule has 0 heterocycles. The van der Waals surface area contributed by atoms with Crippen LogP contribution in [0.4, 0.5) is 0 Å². The fourth-order valence-corrected chi connectivity index (χ4v) is 3.73. The van der Waals surface area contributed by atoms with E-state index in [9.17, 15) is 0 Å². The van der Waals surface area contributed by atoms with Gasteiger partial charge in [0.05, 0.1) is 0 Å². The van der Waals surface area contributed by atoms with E-state index in [4.69, 9.17) is 11.6 Å². The van der Waals surface area contributed by atoms with E-state index in [1.807, 2.05) is 23.9 Å². The molecule has 0 fully saturated rings. The molecule has 0 saturated heterocycles. The number of benzene rings is 2. The molecule has 0 aromatic heterocycles. The first-order valence-electron chi connectivity index (χ1n) is 7.61. The van der Waals surface area contributed by atoms with Crippen LogP contribution >= 0.6 is 23.4 Å². The van der Waals surface area contributed by atoms with Gasteiger partial charge in [-0.3, -0.25) is 0 Å². The van der Waals surface area contributed by atoms with E-state index in [0.717, 1.165) is 23.7 Å². The molecule has 1 atom stereocenters. The molecular formula is C19H24ClNS. The van der Waals surface area contributed by atoms with Crippen LogP contribution < -0.4 is 0 Å². The number of hydrogen-bond acceptors (Lipinski definition) is 2. The highest BCUT2D eigenvalue weighted by Gasteiger charge is 2.12. The number of nitrogens with zero attached hydrogens (tertiary/aromatic N) is 1. The standard InChI is InChI=1S/C19H24ClNS/c1-15-7-9-19(10-8-15)22-14-17(13-21(2)3)11-16-5-4-6-18(20)12-16/h4-10,12,17H,11,13-14H2,1-3H3. The zero-order valence-corrected chi connectivity index (χ0v) is 15.1. The molecule has 2 aromatic carbocycles. The molecule has 3 heteroatoms. The highest BCUT2D eigenvalue weighted by Crippen LogP contribution is 2.24. The maximum atomic E-state index is 6.11. The first kappa shape index (κ1) is 17.4. The Kier molecular flexibility index (Phi) is 6.81. The average molecular weight is 334 g/mol. The predicted molar refractivity (Wildman–Crippen MR) is 99.1 cm³/mol. The quantitative estimate of drug-likeness (QED) is 0.644. The molecule has 0 saturated carbocycles. The van der Waals surface area contributed by atoms with Gasteiger partial charge in [0.15, 0.2) is 0 Å². The molecule has 0 aliphatic rings. The van der Waals surface area contributed by atoms with Crippen molar-refractivity contribution < 1.29 is 0 Å². The van der Waals surface area contributed by atoms with Crippen LogP contribution in [0.1, 0.15) is 11.1 Å². The van der Waals surface area contributed by atoms with Gasteiger partial charge in [-0.2, -0.15) is 0 Å². The summed E-state index contributed by atoms with van der Waals surface area (Å²) in [5.41, 5.74) is 2.64. The van der Waals surface area contributed by atoms with Crippen molar-refractivity contribution in [3.05, 3.63) is 64.7 Å². The summed E-state index contributed by atoms with van der Waals surface area (Å²) in [6, 6.07) is 17.0. The first-order valence-corrected chi connectivity index (χ1v) is 8.98. The van der Waals surface area contributed by atoms with E-state index < -0.39 is 0 Å². The summed E-state index contributed by atoms with van der Waals surface area (Å²) in [6.45, 7) is 3.22. The minimum Gasteiger partial charge on any atom is -0.309 e. The Labute approximate surface area is 143 Å². The molecule has 0 aliphatic heterocycles. The third-order valence-electron chi connectivity index (χ3n) is 3.54. The van der Waals surface area contributed by atoms with Gasteiger partial charge in [0.2, 0.25) is 0 Å². The van der Waals surface area contributed by atoms with E-state index in [1.54, 1.807) is 0 Å². The average Bonchev–Trinajstić information content (AvgIpc) is 2.46. The van der Waals surface area contributed by atoms with Gasteiger partial charge in [0.1, 0.15) is 0 Å². The summed E-state index contributed by atoms with van der Waals surface area (Å²) in [7, 11) is 4.28. The summed E-state index contributed by atoms with van der Waals surface area (Å²) in [5.74, 6) is 1.73. The molecule has 0 amide bonds. The summed E-state index contributed by atoms with van der Waals surface area (Å²) in [6.07, 6.45) is 1.07. The fourth-order valence-electron chi connectivity index (χ4n) is 2.54. The van der Waals surface area contributed by atoms with Gasteiger partial charge in [-0.1, -0.05) is 41.4 Å². The van der Waals surface area contributed by atoms with Gasteiger partial charge in [0, 0.05) is 22.2 Å². The van der Waals surface area contributed by atoms with Gasteiger partial charge < -0.3 is 4.90 Å². The molecular weight excluding hydrogens is 310 g/mol. The lowest BCUT2D eigenvalue weighted by Crippen LogP contribution is -2.25. The Bertz CT molecular complexity index is 580. The van der Waals surface area contributed by atoms with Gasteiger partial charge >= 0.3 is 0 Å². The lowest BCUT2D eigenvalue weighted by atomic mass is 10.0. The molecule has 118 valence electrons. The van der Waals surface area contributed by atoms with Crippen LogP contribution in [-0.2, 0) is 6.42 Å². The maximum absolute atomic E-state index is 6.11. The van der Waals surface area contributed by atoms with Crippen molar-refractivity contribution in [2.75, 3.05) is 26.4 Å². The Morgan fingerprint density at radius 1 is 1.09 bits per heavy atom. The molecule has 0 bridgehead atoms. The van der Waals surface area contributed by atoms with Crippen LogP contribution in [0.15, 0.2) is 53.4 Å². The fraction of sp³-hybridized carbons (Fsp3) is 0.368. The van der Waals surface area contributed by atoms with Crippen molar-refractivity contribution in [3.63, 3.8) is 0 Å². The van der Waals surface area contributed by atoms with Crippen molar-refractivity contribution in [3.8, 4) is 0 Å². The minimum atomic E-state index is 0.611. The van der Waals surface area contributed by atoms with E-state index in [-0.39, 0.29) is 0 Å². The highest BCUT2D eigenvalue weighted by molar-refractivity contribution is 7.99. The van der Waals surface area contributed by atoms with Crippen LogP contribution in [0.5, 0.6) is 0 Å². The number of thioether (sulfide) groups is 1. The van der Waals surface area contributed by atoms with Crippen molar-refractivity contribution in [2.45, 2.75) is 18.2 Å². The Morgan fingerprint density at radius 2 is 1.82 bits per heavy atom. The largest absolute Gasteiger partial charge is 0.309 e. The molecule has 0 spiro atoms. The molecule has 0 radical (unpaired) electrons. The van der Waals surface area contributed by atoms with Gasteiger partial charge in [-0.15, -0.1) is 11.8 Å². The first-order chi connectivity index (χ1) is 10.5. The van der Waals surface area contributed by atoms with Gasteiger partial charge in [-0.25, -0.2) is 0 Å². The van der Waals surface area contributed by atoms with Crippen LogP contribution in [0, 0.1) is 12.8 Å². The van der Waals surface area contributed by atoms with Crippen LogP contribution in [-0.4, -0.2) is 31.3 Å². The Balaban J connectivity index is 1.98. The van der Waals surface area contributed by atoms with Gasteiger partial charge in [-0.05, 0) is 63.2 Å². The molecule has 0 aliphatic carbocycles. The highest BCUT2D eigenvalue weighted by atomic mass is 35.5. The third-order valence-corrected chi connectivity index (χ3v) is 5.02. The predicted octanol–water partition coefficient (Wildman–Crippen LogP) is 5.16. The number of aryl methyl sites for hydroxylation is 1. The van der Waals surface area contributed by atoms with Crippen LogP contribution in [0.3, 0.4) is 0 Å². The third kappa shape index (κ3) is 6.04. The second-order valence-electron chi connectivity index (χ2n) is 6.09. The molecule has 1 nitrogen and oxygen atoms in total. The molecule has 2 rings (SSSR count). The molecule has 1 unspecified atom stereocenters. The van der Waals surface area contributed by atoms with Crippen LogP contribution in [0.25, 0.3) is 0 Å². The Hall–Kier alpha value is -0.960. The van der Waals surface area contributed by atoms with Crippen molar-refractivity contribution in [2.24, 2.45) is 5.92 Å². The van der Waals surface area contributed by atoms with Crippen molar-refractivity contribution >= 4 is 23.4 Å². The number of halogens is 1. The summed E-state index contributed by atoms with van der Waals surface area (Å²) < 4.78 is 0. The van der Waals surface area contributed by atoms with Crippen molar-refractivity contribution in [1.29, 1.82) is 0 Å². The summed E-state index contributed by atoms with van der Waals surface area (Å²) in [5, 5.41) is 0.826. The zero-order chi connectivity index (χ0) is 15.9. The van der Waals surface area contributed by atoms with E-state index in [1.165, 1.54) is 16.0 Å². The summed E-state index contributed by atoms with van der Waals surface area (Å²) in [4.78, 5) is 3.62. The maximum Gasteiger partial charge on any atom is 0.0408 e. The second-order valence-corrected chi connectivity index (χ2v) is 7.62. The lowest BCUT2D eigenvalue weighted by Gasteiger charge is -2.21. The second kappa shape index (κ2) is 8.61. The Morgan fingerprint density at radius 3 is 2.45 bits per heavy atom. The normalized spacial score (nSPS) is 12.6. The monoisotopic (exact) mass is 333 g/mol. The van der Waals surface area contributed by atoms with Crippen molar-refractivity contribution in [1.82, 2.24) is 4.90 Å². The minimum absolute atomic E-state index is 0.611. The summed E-state index contributed by atoms with van der Waals surface area (Å²) >= 11 is 8.05. The van der Waals surface area contributed by atoms with E-state index >= 15 is 0 Å². The van der Waals surface area contributed by atoms with Crippen LogP contribution in [0.2, 0.25) is 5.02 Å². The van der Waals surface area contributed by atoms with E-state index in [0.29, 0.717) is 5.92 Å². The SMILES string of the molecule is Cc1ccc(SCC(Cc2cccc(Cl)c2)CN(C)C)cc1.